The van der Waals surface area contributed by atoms with Gasteiger partial charge in [-0.3, -0.25) is 0 Å². The zero-order valence-electron chi connectivity index (χ0n) is 48.4. The first-order valence-electron chi connectivity index (χ1n) is 28.6. The molecule has 0 saturated carbocycles. The van der Waals surface area contributed by atoms with Crippen LogP contribution in [-0.2, 0) is 16.2 Å². The summed E-state index contributed by atoms with van der Waals surface area (Å²) < 4.78 is 11.1. The maximum Gasteiger partial charge on any atom is 0.119 e. The molecule has 4 heteroatoms. The zero-order valence-corrected chi connectivity index (χ0v) is 48.4. The Morgan fingerprint density at radius 1 is 0.383 bits per heavy atom. The predicted molar refractivity (Wildman–Crippen MR) is 342 cm³/mol. The van der Waals surface area contributed by atoms with Crippen LogP contribution in [0.1, 0.15) is 109 Å². The third-order valence-electron chi connectivity index (χ3n) is 18.1. The van der Waals surface area contributed by atoms with Crippen molar-refractivity contribution in [3.63, 3.8) is 0 Å². The molecule has 0 N–H and O–H groups in total. The van der Waals surface area contributed by atoms with Crippen molar-refractivity contribution in [3.8, 4) is 33.8 Å². The van der Waals surface area contributed by atoms with Crippen LogP contribution < -0.4 is 19.3 Å². The lowest BCUT2D eigenvalue weighted by atomic mass is 9.78. The molecular weight excluding hydrogens is 985 g/mol. The smallest absolute Gasteiger partial charge is 0.119 e. The monoisotopic (exact) mass is 1050 g/mol. The molecule has 0 aromatic heterocycles. The van der Waals surface area contributed by atoms with Crippen LogP contribution in [0.3, 0.4) is 0 Å². The number of nitrogens with zero attached hydrogens (tertiary/aromatic N) is 2. The summed E-state index contributed by atoms with van der Waals surface area (Å²) in [6.45, 7) is 18.6. The molecule has 400 valence electrons. The van der Waals surface area contributed by atoms with E-state index in [4.69, 9.17) is 9.47 Å². The summed E-state index contributed by atoms with van der Waals surface area (Å²) in [5, 5.41) is 0. The Bertz CT molecular complexity index is 4070. The van der Waals surface area contributed by atoms with E-state index in [0.717, 1.165) is 52.0 Å². The molecule has 4 nitrogen and oxygen atoms in total. The van der Waals surface area contributed by atoms with Gasteiger partial charge in [0.1, 0.15) is 11.5 Å². The van der Waals surface area contributed by atoms with E-state index in [-0.39, 0.29) is 16.2 Å². The molecule has 9 aromatic rings. The van der Waals surface area contributed by atoms with Crippen LogP contribution in [0, 0.1) is 19.8 Å². The van der Waals surface area contributed by atoms with Gasteiger partial charge in [-0.2, -0.15) is 0 Å². The molecule has 9 aromatic carbocycles. The Morgan fingerprint density at radius 3 is 1.15 bits per heavy atom. The fourth-order valence-electron chi connectivity index (χ4n) is 13.4. The maximum atomic E-state index is 5.53. The topological polar surface area (TPSA) is 24.9 Å². The van der Waals surface area contributed by atoms with Crippen molar-refractivity contribution >= 4 is 57.9 Å². The minimum Gasteiger partial charge on any atom is -0.497 e. The Morgan fingerprint density at radius 2 is 0.728 bits per heavy atom. The van der Waals surface area contributed by atoms with Crippen molar-refractivity contribution in [1.82, 2.24) is 0 Å². The van der Waals surface area contributed by atoms with E-state index < -0.39 is 0 Å². The van der Waals surface area contributed by atoms with Gasteiger partial charge in [-0.05, 0) is 207 Å². The highest BCUT2D eigenvalue weighted by atomic mass is 16.5. The van der Waals surface area contributed by atoms with E-state index >= 15 is 0 Å². The quantitative estimate of drug-likeness (QED) is 0.114. The molecule has 0 heterocycles. The van der Waals surface area contributed by atoms with Crippen LogP contribution in [0.4, 0.5) is 34.1 Å². The predicted octanol–water partition coefficient (Wildman–Crippen LogP) is 20.4. The van der Waals surface area contributed by atoms with Crippen molar-refractivity contribution in [3.05, 3.63) is 273 Å². The van der Waals surface area contributed by atoms with Crippen molar-refractivity contribution in [1.29, 1.82) is 0 Å². The van der Waals surface area contributed by atoms with Gasteiger partial charge >= 0.3 is 0 Å². The van der Waals surface area contributed by atoms with Gasteiger partial charge in [-0.15, -0.1) is 0 Å². The molecule has 0 fully saturated rings. The first-order chi connectivity index (χ1) is 39.1. The molecule has 0 amide bonds. The Balaban J connectivity index is 0.719. The van der Waals surface area contributed by atoms with Gasteiger partial charge in [0.05, 0.1) is 14.2 Å². The average Bonchev–Trinajstić information content (AvgIpc) is 3.24. The Labute approximate surface area is 479 Å². The average molecular weight is 1060 g/mol. The SMILES string of the molecule is COc1ccc(N(c2ccc(C)cc2)c2ccc3c(c2)C(C)(C)C2=CC(/C=C/c4ccc5c(c4)C(C)(C)c4cc(/C=C/c6ccc7c(c6)C(C)(C)c6cc(N(c8ccc(C)cc8)c8ccc(OC)cc8)ccc6-7)ccc4-5)CC=C23)cc1. The highest BCUT2D eigenvalue weighted by Crippen LogP contribution is 2.55. The third-order valence-corrected chi connectivity index (χ3v) is 18.1. The largest absolute Gasteiger partial charge is 0.497 e. The molecule has 81 heavy (non-hydrogen) atoms. The van der Waals surface area contributed by atoms with E-state index in [2.05, 4.69) is 265 Å². The van der Waals surface area contributed by atoms with Crippen LogP contribution in [0.5, 0.6) is 11.5 Å². The maximum absolute atomic E-state index is 5.53. The van der Waals surface area contributed by atoms with Gasteiger partial charge in [0, 0.05) is 50.4 Å². The minimum atomic E-state index is -0.189. The first-order valence-corrected chi connectivity index (χ1v) is 28.6. The van der Waals surface area contributed by atoms with E-state index in [1.165, 1.54) is 94.6 Å². The number of hydrogen-bond acceptors (Lipinski definition) is 4. The number of hydrogen-bond donors (Lipinski definition) is 0. The molecule has 0 aliphatic heterocycles. The van der Waals surface area contributed by atoms with E-state index in [1.54, 1.807) is 14.2 Å². The number of benzene rings is 9. The molecule has 0 radical (unpaired) electrons. The lowest BCUT2D eigenvalue weighted by molar-refractivity contribution is 0.414. The van der Waals surface area contributed by atoms with E-state index in [1.807, 2.05) is 24.3 Å². The summed E-state index contributed by atoms with van der Waals surface area (Å²) in [4.78, 5) is 4.70. The highest BCUT2D eigenvalue weighted by Gasteiger charge is 2.41. The number of allylic oxidation sites excluding steroid dienone is 5. The van der Waals surface area contributed by atoms with Crippen molar-refractivity contribution in [2.45, 2.75) is 78.1 Å². The molecule has 0 saturated heterocycles. The lowest BCUT2D eigenvalue weighted by Gasteiger charge is -2.28. The second-order valence-electron chi connectivity index (χ2n) is 24.3. The molecule has 0 spiro atoms. The van der Waals surface area contributed by atoms with Gasteiger partial charge in [0.25, 0.3) is 0 Å². The third kappa shape index (κ3) is 8.93. The molecular formula is C77H70N2O2. The van der Waals surface area contributed by atoms with Gasteiger partial charge in [-0.25, -0.2) is 0 Å². The second kappa shape index (κ2) is 19.7. The molecule has 4 aliphatic rings. The first kappa shape index (κ1) is 51.6. The fourth-order valence-corrected chi connectivity index (χ4v) is 13.4. The summed E-state index contributed by atoms with van der Waals surface area (Å²) in [6.07, 6.45) is 15.4. The van der Waals surface area contributed by atoms with Crippen molar-refractivity contribution < 1.29 is 9.47 Å². The molecule has 1 unspecified atom stereocenters. The van der Waals surface area contributed by atoms with Crippen LogP contribution in [-0.4, -0.2) is 14.2 Å². The molecule has 1 atom stereocenters. The lowest BCUT2D eigenvalue weighted by Crippen LogP contribution is -2.18. The number of ether oxygens (including phenoxy) is 2. The van der Waals surface area contributed by atoms with Crippen LogP contribution in [0.15, 0.2) is 212 Å². The number of methoxy groups -OCH3 is 2. The van der Waals surface area contributed by atoms with Gasteiger partial charge in [0.15, 0.2) is 0 Å². The van der Waals surface area contributed by atoms with Crippen LogP contribution in [0.25, 0.3) is 46.1 Å². The number of fused-ring (bicyclic) bond motifs is 9. The second-order valence-corrected chi connectivity index (χ2v) is 24.3. The summed E-state index contributed by atoms with van der Waals surface area (Å²) >= 11 is 0. The van der Waals surface area contributed by atoms with Gasteiger partial charge < -0.3 is 19.3 Å². The summed E-state index contributed by atoms with van der Waals surface area (Å²) in [6, 6.07) is 69.5. The fraction of sp³-hybridized carbons (Fsp3) is 0.195. The van der Waals surface area contributed by atoms with Crippen molar-refractivity contribution in [2.24, 2.45) is 5.92 Å². The van der Waals surface area contributed by atoms with Crippen LogP contribution >= 0.6 is 0 Å². The standard InChI is InChI=1S/C77H70N2O2/c1-49-11-23-55(24-12-49)78(57-27-33-61(80-9)34-28-57)59-31-41-67-65-39-21-53(45-71(65)76(5,6)73(67)47-59)17-15-51-19-37-63-64-38-20-52(44-70(64)75(3,4)69(63)43-51)16-18-54-22-40-66-68-42-32-60(48-74(68)77(7,8)72(66)46-54)79(56-25-13-50(2)14-26-56)58-29-35-62(81-10)36-30-58/h11-21,23-48,54H,22H2,1-10H3/b17-15+,18-16+. The Kier molecular flexibility index (Phi) is 12.6. The Hall–Kier alpha value is -8.86. The van der Waals surface area contributed by atoms with E-state index in [9.17, 15) is 0 Å². The van der Waals surface area contributed by atoms with E-state index in [0.29, 0.717) is 5.92 Å². The van der Waals surface area contributed by atoms with Gasteiger partial charge in [-0.1, -0.05) is 180 Å². The normalized spacial score (nSPS) is 16.4. The molecule has 0 bridgehead atoms. The van der Waals surface area contributed by atoms with Gasteiger partial charge in [0.2, 0.25) is 0 Å². The van der Waals surface area contributed by atoms with Crippen molar-refractivity contribution in [2.75, 3.05) is 24.0 Å². The van der Waals surface area contributed by atoms with Crippen LogP contribution in [0.2, 0.25) is 0 Å². The summed E-state index contributed by atoms with van der Waals surface area (Å²) in [7, 11) is 3.43. The number of rotatable bonds is 12. The molecule has 4 aliphatic carbocycles. The summed E-state index contributed by atoms with van der Waals surface area (Å²) in [5.41, 5.74) is 28.6. The number of anilines is 6. The minimum absolute atomic E-state index is 0.144. The highest BCUT2D eigenvalue weighted by molar-refractivity contribution is 5.93. The zero-order chi connectivity index (χ0) is 56.0. The number of aryl methyl sites for hydroxylation is 2. The molecule has 13 rings (SSSR count). The summed E-state index contributed by atoms with van der Waals surface area (Å²) in [5.74, 6) is 2.00.